The van der Waals surface area contributed by atoms with Crippen molar-refractivity contribution in [2.45, 2.75) is 38.0 Å². The zero-order valence-electron chi connectivity index (χ0n) is 16.8. The molecule has 3 fully saturated rings. The highest BCUT2D eigenvalue weighted by Gasteiger charge is 2.39. The number of benzene rings is 1. The quantitative estimate of drug-likeness (QED) is 0.742. The number of fused-ring (bicyclic) bond motifs is 2. The molecule has 0 aromatic heterocycles. The van der Waals surface area contributed by atoms with Crippen molar-refractivity contribution in [1.29, 1.82) is 0 Å². The second kappa shape index (κ2) is 8.82. The highest BCUT2D eigenvalue weighted by atomic mass is 19.4. The van der Waals surface area contributed by atoms with Crippen LogP contribution in [0, 0.1) is 17.8 Å². The van der Waals surface area contributed by atoms with E-state index in [1.54, 1.807) is 6.07 Å². The number of piperazine rings is 1. The molecule has 2 saturated carbocycles. The molecule has 1 aliphatic heterocycles. The Morgan fingerprint density at radius 2 is 1.90 bits per heavy atom. The molecule has 1 saturated heterocycles. The molecule has 4 nitrogen and oxygen atoms in total. The lowest BCUT2D eigenvalue weighted by Crippen LogP contribution is -2.49. The van der Waals surface area contributed by atoms with Crippen molar-refractivity contribution in [2.75, 3.05) is 50.8 Å². The van der Waals surface area contributed by atoms with Crippen LogP contribution in [0.2, 0.25) is 0 Å². The summed E-state index contributed by atoms with van der Waals surface area (Å²) in [5.41, 5.74) is -0.00490. The summed E-state index contributed by atoms with van der Waals surface area (Å²) in [4.78, 5) is 4.14. The number of alkyl halides is 3. The average molecular weight is 412 g/mol. The Balaban J connectivity index is 1.17. The van der Waals surface area contributed by atoms with Gasteiger partial charge >= 0.3 is 6.18 Å². The first kappa shape index (κ1) is 20.9. The zero-order valence-corrected chi connectivity index (χ0v) is 16.8. The first-order chi connectivity index (χ1) is 13.9. The summed E-state index contributed by atoms with van der Waals surface area (Å²) in [6.07, 6.45) is 0.548. The number of hydrogen-bond donors (Lipinski definition) is 1. The number of ether oxygens (including phenoxy) is 1. The maximum absolute atomic E-state index is 12.9. The van der Waals surface area contributed by atoms with Gasteiger partial charge in [0.2, 0.25) is 0 Å². The number of nitrogens with zero attached hydrogens (tertiary/aromatic N) is 2. The van der Waals surface area contributed by atoms with Crippen LogP contribution in [0.3, 0.4) is 0 Å². The molecule has 1 heterocycles. The van der Waals surface area contributed by atoms with Crippen molar-refractivity contribution < 1.29 is 23.0 Å². The molecule has 162 valence electrons. The Labute approximate surface area is 170 Å². The number of hydrogen-bond acceptors (Lipinski definition) is 4. The second-order valence-corrected chi connectivity index (χ2v) is 8.96. The molecule has 2 aliphatic carbocycles. The Kier molecular flexibility index (Phi) is 6.37. The van der Waals surface area contributed by atoms with E-state index < -0.39 is 17.8 Å². The zero-order chi connectivity index (χ0) is 20.4. The Morgan fingerprint density at radius 1 is 1.10 bits per heavy atom. The van der Waals surface area contributed by atoms with E-state index in [4.69, 9.17) is 4.74 Å². The van der Waals surface area contributed by atoms with Gasteiger partial charge in [0.1, 0.15) is 0 Å². The molecule has 4 rings (SSSR count). The molecule has 0 unspecified atom stereocenters. The average Bonchev–Trinajstić information content (AvgIpc) is 3.31. The van der Waals surface area contributed by atoms with Gasteiger partial charge in [0.15, 0.2) is 0 Å². The van der Waals surface area contributed by atoms with Gasteiger partial charge in [-0.15, -0.1) is 0 Å². The fraction of sp³-hybridized carbons (Fsp3) is 0.727. The topological polar surface area (TPSA) is 35.9 Å². The lowest BCUT2D eigenvalue weighted by atomic mass is 9.90. The van der Waals surface area contributed by atoms with E-state index in [1.165, 1.54) is 37.8 Å². The summed E-state index contributed by atoms with van der Waals surface area (Å²) < 4.78 is 44.6. The first-order valence-corrected chi connectivity index (χ1v) is 10.8. The molecule has 29 heavy (non-hydrogen) atoms. The van der Waals surface area contributed by atoms with E-state index in [2.05, 4.69) is 4.90 Å². The van der Waals surface area contributed by atoms with Gasteiger partial charge in [-0.25, -0.2) is 0 Å². The highest BCUT2D eigenvalue weighted by Crippen LogP contribution is 2.48. The van der Waals surface area contributed by atoms with Crippen molar-refractivity contribution in [3.63, 3.8) is 0 Å². The summed E-state index contributed by atoms with van der Waals surface area (Å²) in [5, 5.41) is 10.3. The van der Waals surface area contributed by atoms with E-state index in [1.807, 2.05) is 4.90 Å². The minimum Gasteiger partial charge on any atom is -0.389 e. The van der Waals surface area contributed by atoms with E-state index >= 15 is 0 Å². The van der Waals surface area contributed by atoms with Gasteiger partial charge in [-0.3, -0.25) is 4.90 Å². The summed E-state index contributed by atoms with van der Waals surface area (Å²) >= 11 is 0. The maximum Gasteiger partial charge on any atom is 0.416 e. The number of β-amino-alcohol motifs (C(OH)–C–C–N with tert-alkyl or cyclic N) is 1. The van der Waals surface area contributed by atoms with Crippen LogP contribution in [-0.2, 0) is 10.9 Å². The van der Waals surface area contributed by atoms with E-state index in [9.17, 15) is 18.3 Å². The van der Waals surface area contributed by atoms with Crippen molar-refractivity contribution in [3.05, 3.63) is 29.8 Å². The van der Waals surface area contributed by atoms with E-state index in [0.29, 0.717) is 37.8 Å². The molecule has 0 radical (unpaired) electrons. The van der Waals surface area contributed by atoms with Crippen molar-refractivity contribution >= 4 is 5.69 Å². The lowest BCUT2D eigenvalue weighted by molar-refractivity contribution is -0.137. The van der Waals surface area contributed by atoms with Gasteiger partial charge in [0.05, 0.1) is 18.3 Å². The van der Waals surface area contributed by atoms with Gasteiger partial charge < -0.3 is 14.7 Å². The molecule has 2 bridgehead atoms. The third-order valence-corrected chi connectivity index (χ3v) is 6.91. The van der Waals surface area contributed by atoms with Crippen LogP contribution >= 0.6 is 0 Å². The summed E-state index contributed by atoms with van der Waals surface area (Å²) in [7, 11) is 0. The van der Waals surface area contributed by atoms with Crippen LogP contribution in [-0.4, -0.2) is 62.0 Å². The predicted octanol–water partition coefficient (Wildman–Crippen LogP) is 3.64. The van der Waals surface area contributed by atoms with Crippen molar-refractivity contribution in [1.82, 2.24) is 4.90 Å². The molecule has 7 heteroatoms. The molecule has 3 aliphatic rings. The van der Waals surface area contributed by atoms with Gasteiger partial charge in [0, 0.05) is 45.0 Å². The minimum absolute atomic E-state index is 0.363. The summed E-state index contributed by atoms with van der Waals surface area (Å²) in [5.74, 6) is 2.42. The number of aliphatic hydroxyl groups is 1. The smallest absolute Gasteiger partial charge is 0.389 e. The number of aliphatic hydroxyl groups excluding tert-OH is 1. The third kappa shape index (κ3) is 5.25. The predicted molar refractivity (Wildman–Crippen MR) is 106 cm³/mol. The van der Waals surface area contributed by atoms with Crippen LogP contribution in [0.5, 0.6) is 0 Å². The molecule has 1 N–H and O–H groups in total. The Morgan fingerprint density at radius 3 is 2.55 bits per heavy atom. The molecule has 1 aromatic rings. The Hall–Kier alpha value is -1.31. The van der Waals surface area contributed by atoms with Gasteiger partial charge in [0.25, 0.3) is 0 Å². The minimum atomic E-state index is -4.32. The molecule has 4 atom stereocenters. The monoisotopic (exact) mass is 412 g/mol. The largest absolute Gasteiger partial charge is 0.416 e. The van der Waals surface area contributed by atoms with Crippen molar-refractivity contribution in [2.24, 2.45) is 17.8 Å². The van der Waals surface area contributed by atoms with E-state index in [0.717, 1.165) is 37.6 Å². The van der Waals surface area contributed by atoms with Crippen LogP contribution in [0.15, 0.2) is 24.3 Å². The lowest BCUT2D eigenvalue weighted by Gasteiger charge is -2.37. The second-order valence-electron chi connectivity index (χ2n) is 8.96. The number of rotatable bonds is 7. The van der Waals surface area contributed by atoms with Crippen LogP contribution in [0.25, 0.3) is 0 Å². The SMILES string of the molecule is O[C@H](COC[C@H]1C[C@H]2CC[C@H]1C2)CN1CCN(c2cccc(C(F)(F)F)c2)CC1. The maximum atomic E-state index is 12.9. The molecular formula is C22H31F3N2O2. The van der Waals surface area contributed by atoms with Gasteiger partial charge in [-0.1, -0.05) is 12.5 Å². The normalized spacial score (nSPS) is 28.8. The van der Waals surface area contributed by atoms with Gasteiger partial charge in [-0.2, -0.15) is 13.2 Å². The number of anilines is 1. The molecule has 0 spiro atoms. The fourth-order valence-corrected chi connectivity index (χ4v) is 5.35. The van der Waals surface area contributed by atoms with Gasteiger partial charge in [-0.05, 0) is 55.2 Å². The molecule has 0 amide bonds. The molecular weight excluding hydrogens is 381 g/mol. The summed E-state index contributed by atoms with van der Waals surface area (Å²) in [6, 6.07) is 5.51. The Bertz CT molecular complexity index is 676. The first-order valence-electron chi connectivity index (χ1n) is 10.8. The number of halogens is 3. The van der Waals surface area contributed by atoms with Crippen LogP contribution < -0.4 is 4.90 Å². The third-order valence-electron chi connectivity index (χ3n) is 6.91. The van der Waals surface area contributed by atoms with E-state index in [-0.39, 0.29) is 0 Å². The van der Waals surface area contributed by atoms with Crippen molar-refractivity contribution in [3.8, 4) is 0 Å². The highest BCUT2D eigenvalue weighted by molar-refractivity contribution is 5.49. The fourth-order valence-electron chi connectivity index (χ4n) is 5.35. The van der Waals surface area contributed by atoms with Crippen LogP contribution in [0.4, 0.5) is 18.9 Å². The van der Waals surface area contributed by atoms with Crippen LogP contribution in [0.1, 0.15) is 31.2 Å². The standard InChI is InChI=1S/C22H31F3N2O2/c23-22(24,25)19-2-1-3-20(12-19)27-8-6-26(7-9-27)13-21(28)15-29-14-18-11-16-4-5-17(18)10-16/h1-3,12,16-18,21,28H,4-11,13-15H2/t16-,17-,18+,21-/m0/s1. The molecule has 1 aromatic carbocycles. The summed E-state index contributed by atoms with van der Waals surface area (Å²) in [6.45, 7) is 4.43.